The first-order valence-electron chi connectivity index (χ1n) is 10.7. The normalized spacial score (nSPS) is 13.4. The fourth-order valence-corrected chi connectivity index (χ4v) is 3.78. The molecule has 7 nitrogen and oxygen atoms in total. The smallest absolute Gasteiger partial charge is 0.247 e. The molecule has 0 bridgehead atoms. The highest BCUT2D eigenvalue weighted by Gasteiger charge is 2.29. The number of rotatable bonds is 8. The van der Waals surface area contributed by atoms with Gasteiger partial charge in [-0.1, -0.05) is 54.6 Å². The van der Waals surface area contributed by atoms with E-state index in [4.69, 9.17) is 9.47 Å². The van der Waals surface area contributed by atoms with E-state index in [1.54, 1.807) is 42.5 Å². The lowest BCUT2D eigenvalue weighted by Gasteiger charge is -2.23. The average molecular weight is 456 g/mol. The molecular formula is C27H24N2O5. The molecule has 1 aliphatic rings. The van der Waals surface area contributed by atoms with Gasteiger partial charge >= 0.3 is 0 Å². The fraction of sp³-hybridized carbons (Fsp3) is 0.148. The van der Waals surface area contributed by atoms with Crippen LogP contribution in [0.4, 0.5) is 5.69 Å². The molecule has 4 rings (SSSR count). The zero-order valence-corrected chi connectivity index (χ0v) is 18.8. The van der Waals surface area contributed by atoms with E-state index in [9.17, 15) is 14.4 Å². The van der Waals surface area contributed by atoms with Gasteiger partial charge in [0, 0.05) is 47.5 Å². The van der Waals surface area contributed by atoms with Gasteiger partial charge in [0.1, 0.15) is 17.5 Å². The minimum atomic E-state index is -0.826. The van der Waals surface area contributed by atoms with Gasteiger partial charge in [-0.15, -0.1) is 0 Å². The summed E-state index contributed by atoms with van der Waals surface area (Å²) in [5.74, 6) is 0.0570. The number of allylic oxidation sites excluding steroid dienone is 2. The molecule has 34 heavy (non-hydrogen) atoms. The first-order chi connectivity index (χ1) is 16.5. The summed E-state index contributed by atoms with van der Waals surface area (Å²) in [5.41, 5.74) is 2.13. The lowest BCUT2D eigenvalue weighted by Crippen LogP contribution is -2.44. The Kier molecular flexibility index (Phi) is 6.73. The Morgan fingerprint density at radius 1 is 0.853 bits per heavy atom. The summed E-state index contributed by atoms with van der Waals surface area (Å²) in [4.78, 5) is 39.0. The Labute approximate surface area is 197 Å². The summed E-state index contributed by atoms with van der Waals surface area (Å²) in [7, 11) is 3.05. The van der Waals surface area contributed by atoms with Crippen LogP contribution < -0.4 is 20.1 Å². The number of nitrogens with one attached hydrogen (secondary N) is 2. The van der Waals surface area contributed by atoms with E-state index in [0.29, 0.717) is 34.7 Å². The van der Waals surface area contributed by atoms with Crippen LogP contribution in [0.15, 0.2) is 84.6 Å². The molecule has 0 spiro atoms. The SMILES string of the molecule is COc1cc(NC(=O)C(Cc2ccccc2)NC2=CC(=O)c3ccccc3C2=O)cc(OC)c1. The third-order valence-corrected chi connectivity index (χ3v) is 5.51. The second-order valence-corrected chi connectivity index (χ2v) is 7.77. The number of methoxy groups -OCH3 is 2. The summed E-state index contributed by atoms with van der Waals surface area (Å²) in [6, 6.07) is 20.3. The monoisotopic (exact) mass is 456 g/mol. The molecule has 0 saturated carbocycles. The molecule has 0 heterocycles. The fourth-order valence-electron chi connectivity index (χ4n) is 3.78. The number of fused-ring (bicyclic) bond motifs is 1. The van der Waals surface area contributed by atoms with E-state index in [2.05, 4.69) is 10.6 Å². The van der Waals surface area contributed by atoms with Crippen molar-refractivity contribution >= 4 is 23.2 Å². The molecule has 2 N–H and O–H groups in total. The van der Waals surface area contributed by atoms with Gasteiger partial charge < -0.3 is 20.1 Å². The zero-order valence-electron chi connectivity index (χ0n) is 18.8. The summed E-state index contributed by atoms with van der Waals surface area (Å²) >= 11 is 0. The van der Waals surface area contributed by atoms with Crippen LogP contribution in [0.25, 0.3) is 0 Å². The van der Waals surface area contributed by atoms with Crippen molar-refractivity contribution in [3.8, 4) is 11.5 Å². The van der Waals surface area contributed by atoms with Crippen molar-refractivity contribution in [2.45, 2.75) is 12.5 Å². The van der Waals surface area contributed by atoms with Crippen LogP contribution in [-0.2, 0) is 11.2 Å². The number of benzene rings is 3. The van der Waals surface area contributed by atoms with Crippen molar-refractivity contribution in [3.05, 3.63) is 101 Å². The van der Waals surface area contributed by atoms with Crippen molar-refractivity contribution < 1.29 is 23.9 Å². The molecule has 0 saturated heterocycles. The van der Waals surface area contributed by atoms with Crippen molar-refractivity contribution in [1.82, 2.24) is 5.32 Å². The first-order valence-corrected chi connectivity index (χ1v) is 10.7. The second kappa shape index (κ2) is 10.0. The van der Waals surface area contributed by atoms with Gasteiger partial charge in [-0.05, 0) is 5.56 Å². The van der Waals surface area contributed by atoms with Gasteiger partial charge in [0.05, 0.1) is 19.9 Å². The first kappa shape index (κ1) is 22.8. The minimum Gasteiger partial charge on any atom is -0.497 e. The average Bonchev–Trinajstić information content (AvgIpc) is 2.87. The summed E-state index contributed by atoms with van der Waals surface area (Å²) in [6.07, 6.45) is 1.55. The summed E-state index contributed by atoms with van der Waals surface area (Å²) in [6.45, 7) is 0. The quantitative estimate of drug-likeness (QED) is 0.536. The van der Waals surface area contributed by atoms with Gasteiger partial charge in [0.25, 0.3) is 0 Å². The number of anilines is 1. The van der Waals surface area contributed by atoms with E-state index in [1.165, 1.54) is 20.3 Å². The van der Waals surface area contributed by atoms with E-state index in [0.717, 1.165) is 5.56 Å². The molecule has 1 unspecified atom stereocenters. The predicted octanol–water partition coefficient (Wildman–Crippen LogP) is 3.81. The van der Waals surface area contributed by atoms with Gasteiger partial charge in [-0.2, -0.15) is 0 Å². The summed E-state index contributed by atoms with van der Waals surface area (Å²) < 4.78 is 10.6. The molecule has 0 radical (unpaired) electrons. The van der Waals surface area contributed by atoms with Gasteiger partial charge in [0.2, 0.25) is 11.7 Å². The van der Waals surface area contributed by atoms with Crippen molar-refractivity contribution in [1.29, 1.82) is 0 Å². The number of ether oxygens (including phenoxy) is 2. The van der Waals surface area contributed by atoms with Crippen LogP contribution in [0.1, 0.15) is 26.3 Å². The highest BCUT2D eigenvalue weighted by molar-refractivity contribution is 6.24. The lowest BCUT2D eigenvalue weighted by molar-refractivity contribution is -0.117. The topological polar surface area (TPSA) is 93.7 Å². The maximum Gasteiger partial charge on any atom is 0.247 e. The Bertz CT molecular complexity index is 1240. The molecule has 172 valence electrons. The molecule has 1 amide bonds. The Balaban J connectivity index is 1.62. The maximum atomic E-state index is 13.3. The van der Waals surface area contributed by atoms with Crippen LogP contribution in [0.3, 0.4) is 0 Å². The maximum absolute atomic E-state index is 13.3. The molecular weight excluding hydrogens is 432 g/mol. The van der Waals surface area contributed by atoms with Crippen molar-refractivity contribution in [3.63, 3.8) is 0 Å². The summed E-state index contributed by atoms with van der Waals surface area (Å²) in [5, 5.41) is 5.88. The van der Waals surface area contributed by atoms with Crippen molar-refractivity contribution in [2.75, 3.05) is 19.5 Å². The van der Waals surface area contributed by atoms with E-state index >= 15 is 0 Å². The number of ketones is 2. The molecule has 1 atom stereocenters. The number of hydrogen-bond donors (Lipinski definition) is 2. The van der Waals surface area contributed by atoms with Gasteiger partial charge in [-0.25, -0.2) is 0 Å². The van der Waals surface area contributed by atoms with Crippen LogP contribution in [-0.4, -0.2) is 37.7 Å². The molecule has 7 heteroatoms. The largest absolute Gasteiger partial charge is 0.497 e. The van der Waals surface area contributed by atoms with E-state index < -0.39 is 6.04 Å². The van der Waals surface area contributed by atoms with Crippen LogP contribution in [0.2, 0.25) is 0 Å². The van der Waals surface area contributed by atoms with E-state index in [-0.39, 0.29) is 23.2 Å². The molecule has 0 aromatic heterocycles. The molecule has 3 aromatic carbocycles. The van der Waals surface area contributed by atoms with Gasteiger partial charge in [0.15, 0.2) is 5.78 Å². The number of carbonyl (C=O) groups excluding carboxylic acids is 3. The second-order valence-electron chi connectivity index (χ2n) is 7.77. The zero-order chi connectivity index (χ0) is 24.1. The lowest BCUT2D eigenvalue weighted by atomic mass is 9.92. The van der Waals surface area contributed by atoms with E-state index in [1.807, 2.05) is 30.3 Å². The molecule has 0 fully saturated rings. The number of carbonyl (C=O) groups is 3. The molecule has 1 aliphatic carbocycles. The van der Waals surface area contributed by atoms with Crippen molar-refractivity contribution in [2.24, 2.45) is 0 Å². The third-order valence-electron chi connectivity index (χ3n) is 5.51. The number of amides is 1. The van der Waals surface area contributed by atoms with Crippen LogP contribution in [0, 0.1) is 0 Å². The standard InChI is InChI=1S/C27H24N2O5/c1-33-19-13-18(14-20(15-19)34-2)28-27(32)24(12-17-8-4-3-5-9-17)29-23-16-25(30)21-10-6-7-11-22(21)26(23)31/h3-11,13-16,24,29H,12H2,1-2H3,(H,28,32). The molecule has 3 aromatic rings. The van der Waals surface area contributed by atoms with Crippen LogP contribution in [0.5, 0.6) is 11.5 Å². The van der Waals surface area contributed by atoms with Crippen LogP contribution >= 0.6 is 0 Å². The van der Waals surface area contributed by atoms with Gasteiger partial charge in [-0.3, -0.25) is 14.4 Å². The Morgan fingerprint density at radius 3 is 2.12 bits per heavy atom. The number of hydrogen-bond acceptors (Lipinski definition) is 6. The third kappa shape index (κ3) is 4.99. The minimum absolute atomic E-state index is 0.0861. The predicted molar refractivity (Wildman–Crippen MR) is 128 cm³/mol. The number of Topliss-reactive ketones (excluding diaryl/α,β-unsaturated/α-hetero) is 1. The Morgan fingerprint density at radius 2 is 1.47 bits per heavy atom. The Hall–Kier alpha value is -4.39. The highest BCUT2D eigenvalue weighted by atomic mass is 16.5. The molecule has 0 aliphatic heterocycles. The highest BCUT2D eigenvalue weighted by Crippen LogP contribution is 2.26.